The summed E-state index contributed by atoms with van der Waals surface area (Å²) in [6, 6.07) is 0. The first-order valence-corrected chi connectivity index (χ1v) is 2.39. The molecule has 0 aliphatic heterocycles. The average Bonchev–Trinajstić information content (AvgIpc) is 1.89. The molecule has 0 radical (unpaired) electrons. The van der Waals surface area contributed by atoms with E-state index in [4.69, 9.17) is 5.11 Å². The maximum atomic E-state index is 10.2. The van der Waals surface area contributed by atoms with Gasteiger partial charge in [0, 0.05) is 6.08 Å². The van der Waals surface area contributed by atoms with Gasteiger partial charge in [-0.3, -0.25) is 0 Å². The van der Waals surface area contributed by atoms with E-state index in [1.165, 1.54) is 6.08 Å². The highest BCUT2D eigenvalue weighted by Crippen LogP contribution is 1.78. The van der Waals surface area contributed by atoms with Gasteiger partial charge in [0.15, 0.2) is 0 Å². The maximum Gasteiger partial charge on any atom is 0.330 e. The third-order valence-corrected chi connectivity index (χ3v) is 0.594. The van der Waals surface area contributed by atoms with E-state index < -0.39 is 5.97 Å². The first-order chi connectivity index (χ1) is 4.31. The lowest BCUT2D eigenvalue weighted by molar-refractivity contribution is -0.136. The lowest BCUT2D eigenvalue weighted by Gasteiger charge is -1.92. The van der Waals surface area contributed by atoms with Crippen molar-refractivity contribution < 1.29 is 14.6 Å². The van der Waals surface area contributed by atoms with Crippen LogP contribution in [0.3, 0.4) is 0 Å². The molecule has 0 rings (SSSR count). The molecule has 0 amide bonds. The third-order valence-electron chi connectivity index (χ3n) is 0.594. The van der Waals surface area contributed by atoms with Crippen molar-refractivity contribution in [3.63, 3.8) is 0 Å². The molecule has 0 saturated heterocycles. The SMILES string of the molecule is C.C=CC(=O)OCC=CO. The molecule has 0 unspecified atom stereocenters. The van der Waals surface area contributed by atoms with Crippen molar-refractivity contribution in [1.82, 2.24) is 0 Å². The average molecular weight is 144 g/mol. The van der Waals surface area contributed by atoms with E-state index in [0.29, 0.717) is 0 Å². The van der Waals surface area contributed by atoms with Crippen LogP contribution in [-0.4, -0.2) is 17.7 Å². The largest absolute Gasteiger partial charge is 0.516 e. The molecule has 1 N–H and O–H groups in total. The molecule has 0 aliphatic rings. The number of carbonyl (C=O) groups is 1. The summed E-state index contributed by atoms with van der Waals surface area (Å²) in [4.78, 5) is 10.2. The minimum atomic E-state index is -0.492. The van der Waals surface area contributed by atoms with Crippen LogP contribution in [0.1, 0.15) is 7.43 Å². The number of esters is 1. The molecular formula is C7H12O3. The van der Waals surface area contributed by atoms with E-state index in [-0.39, 0.29) is 14.0 Å². The summed E-state index contributed by atoms with van der Waals surface area (Å²) < 4.78 is 4.43. The monoisotopic (exact) mass is 144 g/mol. The molecule has 0 spiro atoms. The Balaban J connectivity index is 0. The van der Waals surface area contributed by atoms with Gasteiger partial charge in [-0.1, -0.05) is 14.0 Å². The van der Waals surface area contributed by atoms with Crippen LogP contribution in [0, 0.1) is 0 Å². The molecule has 0 saturated carbocycles. The van der Waals surface area contributed by atoms with E-state index in [2.05, 4.69) is 11.3 Å². The Morgan fingerprint density at radius 3 is 2.70 bits per heavy atom. The van der Waals surface area contributed by atoms with E-state index >= 15 is 0 Å². The van der Waals surface area contributed by atoms with Crippen molar-refractivity contribution >= 4 is 5.97 Å². The maximum absolute atomic E-state index is 10.2. The van der Waals surface area contributed by atoms with Crippen molar-refractivity contribution in [1.29, 1.82) is 0 Å². The zero-order chi connectivity index (χ0) is 7.11. The second kappa shape index (κ2) is 7.75. The summed E-state index contributed by atoms with van der Waals surface area (Å²) in [6.45, 7) is 3.26. The van der Waals surface area contributed by atoms with Crippen molar-refractivity contribution in [3.05, 3.63) is 25.0 Å². The number of aliphatic hydroxyl groups is 1. The number of rotatable bonds is 3. The fraction of sp³-hybridized carbons (Fsp3) is 0.286. The first kappa shape index (κ1) is 11.5. The lowest BCUT2D eigenvalue weighted by atomic mass is 10.6. The van der Waals surface area contributed by atoms with Gasteiger partial charge >= 0.3 is 5.97 Å². The zero-order valence-corrected chi connectivity index (χ0v) is 4.91. The summed E-state index contributed by atoms with van der Waals surface area (Å²) in [5.41, 5.74) is 0. The van der Waals surface area contributed by atoms with Crippen LogP contribution in [0.4, 0.5) is 0 Å². The van der Waals surface area contributed by atoms with Crippen molar-refractivity contribution in [2.24, 2.45) is 0 Å². The molecular weight excluding hydrogens is 132 g/mol. The second-order valence-electron chi connectivity index (χ2n) is 1.22. The zero-order valence-electron chi connectivity index (χ0n) is 4.91. The molecule has 0 bridgehead atoms. The third kappa shape index (κ3) is 6.75. The number of ether oxygens (including phenoxy) is 1. The van der Waals surface area contributed by atoms with Gasteiger partial charge in [-0.2, -0.15) is 0 Å². The van der Waals surface area contributed by atoms with Gasteiger partial charge in [0.2, 0.25) is 0 Å². The van der Waals surface area contributed by atoms with Gasteiger partial charge in [-0.25, -0.2) is 4.79 Å². The van der Waals surface area contributed by atoms with Crippen LogP contribution in [0.5, 0.6) is 0 Å². The lowest BCUT2D eigenvalue weighted by Crippen LogP contribution is -1.98. The highest BCUT2D eigenvalue weighted by atomic mass is 16.5. The Labute approximate surface area is 60.6 Å². The first-order valence-electron chi connectivity index (χ1n) is 2.39. The summed E-state index contributed by atoms with van der Waals surface area (Å²) in [5, 5.41) is 8.05. The van der Waals surface area contributed by atoms with Gasteiger partial charge in [-0.15, -0.1) is 0 Å². The summed E-state index contributed by atoms with van der Waals surface area (Å²) in [6.07, 6.45) is 3.18. The molecule has 58 valence electrons. The van der Waals surface area contributed by atoms with E-state index in [9.17, 15) is 4.79 Å². The molecule has 0 heterocycles. The molecule has 3 nitrogen and oxygen atoms in total. The number of aliphatic hydroxyl groups excluding tert-OH is 1. The molecule has 0 aromatic carbocycles. The minimum Gasteiger partial charge on any atom is -0.516 e. The summed E-state index contributed by atoms with van der Waals surface area (Å²) >= 11 is 0. The number of hydrogen-bond acceptors (Lipinski definition) is 3. The summed E-state index contributed by atoms with van der Waals surface area (Å²) in [7, 11) is 0. The molecule has 0 aliphatic carbocycles. The van der Waals surface area contributed by atoms with Crippen LogP contribution in [0.15, 0.2) is 25.0 Å². The van der Waals surface area contributed by atoms with E-state index in [1.54, 1.807) is 0 Å². The van der Waals surface area contributed by atoms with Crippen LogP contribution >= 0.6 is 0 Å². The van der Waals surface area contributed by atoms with Crippen molar-refractivity contribution in [2.75, 3.05) is 6.61 Å². The van der Waals surface area contributed by atoms with Gasteiger partial charge in [0.05, 0.1) is 6.26 Å². The molecule has 0 aromatic heterocycles. The standard InChI is InChI=1S/C6H8O3.CH4/c1-2-6(8)9-5-3-4-7;/h2-4,7H,1,5H2;1H4. The van der Waals surface area contributed by atoms with Crippen LogP contribution in [0.25, 0.3) is 0 Å². The van der Waals surface area contributed by atoms with Crippen LogP contribution in [0.2, 0.25) is 0 Å². The van der Waals surface area contributed by atoms with Crippen molar-refractivity contribution in [3.8, 4) is 0 Å². The molecule has 10 heavy (non-hydrogen) atoms. The topological polar surface area (TPSA) is 46.5 Å². The summed E-state index contributed by atoms with van der Waals surface area (Å²) in [5.74, 6) is -0.492. The fourth-order valence-electron chi connectivity index (χ4n) is 0.232. The predicted octanol–water partition coefficient (Wildman–Crippen LogP) is 1.42. The second-order valence-corrected chi connectivity index (χ2v) is 1.22. The number of carbonyl (C=O) groups excluding carboxylic acids is 1. The quantitative estimate of drug-likeness (QED) is 0.370. The highest BCUT2D eigenvalue weighted by molar-refractivity contribution is 5.81. The minimum absolute atomic E-state index is 0. The van der Waals surface area contributed by atoms with Gasteiger partial charge in [0.25, 0.3) is 0 Å². The Kier molecular flexibility index (Phi) is 8.94. The highest BCUT2D eigenvalue weighted by Gasteiger charge is 1.88. The van der Waals surface area contributed by atoms with Gasteiger partial charge < -0.3 is 9.84 Å². The number of hydrogen-bond donors (Lipinski definition) is 1. The van der Waals surface area contributed by atoms with Crippen LogP contribution < -0.4 is 0 Å². The Morgan fingerprint density at radius 1 is 1.70 bits per heavy atom. The molecule has 0 atom stereocenters. The van der Waals surface area contributed by atoms with Crippen molar-refractivity contribution in [2.45, 2.75) is 7.43 Å². The normalized spacial score (nSPS) is 8.40. The van der Waals surface area contributed by atoms with Gasteiger partial charge in [-0.05, 0) is 6.08 Å². The predicted molar refractivity (Wildman–Crippen MR) is 39.7 cm³/mol. The molecule has 0 fully saturated rings. The molecule has 0 aromatic rings. The Hall–Kier alpha value is -1.25. The van der Waals surface area contributed by atoms with E-state index in [0.717, 1.165) is 12.3 Å². The smallest absolute Gasteiger partial charge is 0.330 e. The molecule has 3 heteroatoms. The van der Waals surface area contributed by atoms with Gasteiger partial charge in [0.1, 0.15) is 6.61 Å². The fourth-order valence-corrected chi connectivity index (χ4v) is 0.232. The van der Waals surface area contributed by atoms with Crippen LogP contribution in [-0.2, 0) is 9.53 Å². The Bertz CT molecular complexity index is 127. The Morgan fingerprint density at radius 2 is 2.30 bits per heavy atom. The van der Waals surface area contributed by atoms with E-state index in [1.807, 2.05) is 0 Å².